The molecule has 0 saturated carbocycles. The first-order valence-corrected chi connectivity index (χ1v) is 8.40. The first-order chi connectivity index (χ1) is 11.6. The second kappa shape index (κ2) is 6.73. The second-order valence-corrected chi connectivity index (χ2v) is 6.44. The summed E-state index contributed by atoms with van der Waals surface area (Å²) in [5, 5.41) is 12.8. The van der Waals surface area contributed by atoms with Crippen LogP contribution >= 0.6 is 0 Å². The molecule has 1 atom stereocenters. The summed E-state index contributed by atoms with van der Waals surface area (Å²) in [6.45, 7) is 3.80. The molecule has 0 radical (unpaired) electrons. The lowest BCUT2D eigenvalue weighted by Gasteiger charge is -2.40. The Hall–Kier alpha value is -2.21. The maximum Gasteiger partial charge on any atom is 0.278 e. The molecule has 1 saturated heterocycles. The molecule has 0 amide bonds. The SMILES string of the molecule is CCCC1(COC)CCCN1c1ccc([N+](=O)[O-])c2cnccc12. The van der Waals surface area contributed by atoms with Crippen molar-refractivity contribution in [3.05, 3.63) is 40.7 Å². The van der Waals surface area contributed by atoms with Crippen LogP contribution in [0.25, 0.3) is 10.8 Å². The van der Waals surface area contributed by atoms with E-state index < -0.39 is 0 Å². The first kappa shape index (κ1) is 16.6. The molecule has 1 fully saturated rings. The fraction of sp³-hybridized carbons (Fsp3) is 0.500. The summed E-state index contributed by atoms with van der Waals surface area (Å²) >= 11 is 0. The Bertz CT molecular complexity index is 741. The quantitative estimate of drug-likeness (QED) is 0.593. The third-order valence-corrected chi connectivity index (χ3v) is 4.98. The van der Waals surface area contributed by atoms with Crippen LogP contribution in [0.2, 0.25) is 0 Å². The highest BCUT2D eigenvalue weighted by Gasteiger charge is 2.41. The molecule has 0 bridgehead atoms. The second-order valence-electron chi connectivity index (χ2n) is 6.44. The van der Waals surface area contributed by atoms with E-state index in [1.807, 2.05) is 12.1 Å². The van der Waals surface area contributed by atoms with E-state index in [1.54, 1.807) is 25.6 Å². The molecule has 3 rings (SSSR count). The number of aromatic nitrogens is 1. The number of rotatable bonds is 6. The van der Waals surface area contributed by atoms with Gasteiger partial charge in [-0.15, -0.1) is 0 Å². The summed E-state index contributed by atoms with van der Waals surface area (Å²) in [5.41, 5.74) is 1.12. The minimum absolute atomic E-state index is 0.0319. The summed E-state index contributed by atoms with van der Waals surface area (Å²) < 4.78 is 5.55. The molecule has 1 aliphatic rings. The zero-order valence-electron chi connectivity index (χ0n) is 14.2. The van der Waals surface area contributed by atoms with Gasteiger partial charge in [0.25, 0.3) is 5.69 Å². The average Bonchev–Trinajstić information content (AvgIpc) is 2.97. The zero-order valence-corrected chi connectivity index (χ0v) is 14.2. The summed E-state index contributed by atoms with van der Waals surface area (Å²) in [4.78, 5) is 17.5. The van der Waals surface area contributed by atoms with Crippen LogP contribution in [0.5, 0.6) is 0 Å². The van der Waals surface area contributed by atoms with Crippen LogP contribution in [0, 0.1) is 10.1 Å². The zero-order chi connectivity index (χ0) is 17.2. The molecule has 128 valence electrons. The number of ether oxygens (including phenoxy) is 1. The highest BCUT2D eigenvalue weighted by molar-refractivity contribution is 5.99. The molecule has 0 N–H and O–H groups in total. The molecule has 2 aromatic rings. The highest BCUT2D eigenvalue weighted by atomic mass is 16.6. The van der Waals surface area contributed by atoms with E-state index in [-0.39, 0.29) is 16.1 Å². The van der Waals surface area contributed by atoms with E-state index >= 15 is 0 Å². The van der Waals surface area contributed by atoms with Gasteiger partial charge in [-0.25, -0.2) is 0 Å². The number of pyridine rings is 1. The predicted octanol–water partition coefficient (Wildman–Crippen LogP) is 3.93. The number of benzene rings is 1. The number of nitrogens with zero attached hydrogens (tertiary/aromatic N) is 3. The Balaban J connectivity index is 2.15. The minimum Gasteiger partial charge on any atom is -0.382 e. The Morgan fingerprint density at radius 1 is 1.38 bits per heavy atom. The van der Waals surface area contributed by atoms with Gasteiger partial charge in [0, 0.05) is 43.2 Å². The summed E-state index contributed by atoms with van der Waals surface area (Å²) in [5.74, 6) is 0. The van der Waals surface area contributed by atoms with Crippen molar-refractivity contribution in [2.45, 2.75) is 38.1 Å². The van der Waals surface area contributed by atoms with E-state index in [1.165, 1.54) is 0 Å². The van der Waals surface area contributed by atoms with E-state index in [0.717, 1.165) is 43.3 Å². The number of nitro benzene ring substituents is 1. The van der Waals surface area contributed by atoms with Crippen molar-refractivity contribution in [3.8, 4) is 0 Å². The van der Waals surface area contributed by atoms with Gasteiger partial charge in [-0.3, -0.25) is 15.1 Å². The number of fused-ring (bicyclic) bond motifs is 1. The molecule has 6 heteroatoms. The molecule has 1 aromatic heterocycles. The highest BCUT2D eigenvalue weighted by Crippen LogP contribution is 2.42. The number of methoxy groups -OCH3 is 1. The van der Waals surface area contributed by atoms with Gasteiger partial charge in [0.15, 0.2) is 0 Å². The molecule has 1 aromatic carbocycles. The lowest BCUT2D eigenvalue weighted by Crippen LogP contribution is -2.47. The van der Waals surface area contributed by atoms with E-state index in [9.17, 15) is 10.1 Å². The number of hydrogen-bond donors (Lipinski definition) is 0. The Morgan fingerprint density at radius 2 is 2.21 bits per heavy atom. The number of anilines is 1. The molecular formula is C18H23N3O3. The molecular weight excluding hydrogens is 306 g/mol. The van der Waals surface area contributed by atoms with Gasteiger partial charge in [0.05, 0.1) is 22.5 Å². The molecule has 24 heavy (non-hydrogen) atoms. The Morgan fingerprint density at radius 3 is 2.92 bits per heavy atom. The molecule has 1 aliphatic heterocycles. The Kier molecular flexibility index (Phi) is 4.66. The summed E-state index contributed by atoms with van der Waals surface area (Å²) in [6, 6.07) is 5.35. The van der Waals surface area contributed by atoms with Crippen molar-refractivity contribution in [1.82, 2.24) is 4.98 Å². The predicted molar refractivity (Wildman–Crippen MR) is 94.5 cm³/mol. The van der Waals surface area contributed by atoms with Crippen LogP contribution in [0.15, 0.2) is 30.6 Å². The van der Waals surface area contributed by atoms with Gasteiger partial charge in [0.2, 0.25) is 0 Å². The first-order valence-electron chi connectivity index (χ1n) is 8.40. The van der Waals surface area contributed by atoms with Crippen molar-refractivity contribution in [2.24, 2.45) is 0 Å². The largest absolute Gasteiger partial charge is 0.382 e. The van der Waals surface area contributed by atoms with Crippen LogP contribution < -0.4 is 4.90 Å². The summed E-state index contributed by atoms with van der Waals surface area (Å²) in [6.07, 6.45) is 7.59. The van der Waals surface area contributed by atoms with Gasteiger partial charge >= 0.3 is 0 Å². The third-order valence-electron chi connectivity index (χ3n) is 4.98. The van der Waals surface area contributed by atoms with Crippen LogP contribution in [0.1, 0.15) is 32.6 Å². The molecule has 6 nitrogen and oxygen atoms in total. The van der Waals surface area contributed by atoms with Gasteiger partial charge < -0.3 is 9.64 Å². The fourth-order valence-electron chi connectivity index (χ4n) is 4.08. The smallest absolute Gasteiger partial charge is 0.278 e. The fourth-order valence-corrected chi connectivity index (χ4v) is 4.08. The van der Waals surface area contributed by atoms with Crippen molar-refractivity contribution in [2.75, 3.05) is 25.2 Å². The van der Waals surface area contributed by atoms with E-state index in [4.69, 9.17) is 4.74 Å². The number of non-ortho nitro benzene ring substituents is 1. The Labute approximate surface area is 141 Å². The van der Waals surface area contributed by atoms with Gasteiger partial charge in [-0.05, 0) is 31.4 Å². The van der Waals surface area contributed by atoms with Crippen molar-refractivity contribution in [1.29, 1.82) is 0 Å². The topological polar surface area (TPSA) is 68.5 Å². The average molecular weight is 329 g/mol. The number of nitro groups is 1. The maximum atomic E-state index is 11.3. The lowest BCUT2D eigenvalue weighted by atomic mass is 9.90. The monoisotopic (exact) mass is 329 g/mol. The molecule has 2 heterocycles. The van der Waals surface area contributed by atoms with Crippen LogP contribution in [-0.4, -0.2) is 35.7 Å². The van der Waals surface area contributed by atoms with Crippen LogP contribution in [0.3, 0.4) is 0 Å². The van der Waals surface area contributed by atoms with E-state index in [0.29, 0.717) is 12.0 Å². The lowest BCUT2D eigenvalue weighted by molar-refractivity contribution is -0.383. The summed E-state index contributed by atoms with van der Waals surface area (Å²) in [7, 11) is 1.74. The molecule has 0 aliphatic carbocycles. The normalized spacial score (nSPS) is 20.7. The third kappa shape index (κ3) is 2.71. The van der Waals surface area contributed by atoms with Gasteiger partial charge in [-0.1, -0.05) is 13.3 Å². The standard InChI is InChI=1S/C18H23N3O3/c1-3-8-18(13-24-2)9-4-11-20(18)16-5-6-17(21(22)23)15-12-19-10-7-14(15)16/h5-7,10,12H,3-4,8-9,11,13H2,1-2H3. The van der Waals surface area contributed by atoms with Crippen molar-refractivity contribution in [3.63, 3.8) is 0 Å². The van der Waals surface area contributed by atoms with Gasteiger partial charge in [0.1, 0.15) is 0 Å². The van der Waals surface area contributed by atoms with E-state index in [2.05, 4.69) is 16.8 Å². The molecule has 1 unspecified atom stereocenters. The maximum absolute atomic E-state index is 11.3. The van der Waals surface area contributed by atoms with Gasteiger partial charge in [-0.2, -0.15) is 0 Å². The van der Waals surface area contributed by atoms with Crippen LogP contribution in [-0.2, 0) is 4.74 Å². The van der Waals surface area contributed by atoms with Crippen molar-refractivity contribution < 1.29 is 9.66 Å². The minimum atomic E-state index is -0.341. The van der Waals surface area contributed by atoms with Crippen LogP contribution in [0.4, 0.5) is 11.4 Å². The number of hydrogen-bond acceptors (Lipinski definition) is 5. The van der Waals surface area contributed by atoms with Crippen molar-refractivity contribution >= 4 is 22.1 Å². The molecule has 0 spiro atoms.